The van der Waals surface area contributed by atoms with E-state index in [1.807, 2.05) is 12.1 Å². The van der Waals surface area contributed by atoms with Crippen molar-refractivity contribution >= 4 is 11.9 Å². The number of aliphatic carboxylic acids is 1. The summed E-state index contributed by atoms with van der Waals surface area (Å²) in [5, 5.41) is 12.2. The highest BCUT2D eigenvalue weighted by atomic mass is 16.7. The molecule has 4 atom stereocenters. The Hall–Kier alpha value is -2.28. The van der Waals surface area contributed by atoms with Crippen molar-refractivity contribution in [3.63, 3.8) is 0 Å². The van der Waals surface area contributed by atoms with Gasteiger partial charge in [0.1, 0.15) is 0 Å². The van der Waals surface area contributed by atoms with Gasteiger partial charge in [-0.1, -0.05) is 6.07 Å². The molecule has 0 unspecified atom stereocenters. The molecule has 122 valence electrons. The van der Waals surface area contributed by atoms with Gasteiger partial charge >= 0.3 is 5.97 Å². The smallest absolute Gasteiger partial charge is 0.310 e. The van der Waals surface area contributed by atoms with E-state index in [1.165, 1.54) is 0 Å². The highest BCUT2D eigenvalue weighted by Crippen LogP contribution is 2.43. The van der Waals surface area contributed by atoms with Gasteiger partial charge in [-0.15, -0.1) is 0 Å². The monoisotopic (exact) mass is 319 g/mol. The fraction of sp³-hybridized carbons (Fsp3) is 0.500. The van der Waals surface area contributed by atoms with E-state index in [9.17, 15) is 14.7 Å². The Morgan fingerprint density at radius 2 is 1.87 bits per heavy atom. The van der Waals surface area contributed by atoms with Crippen LogP contribution in [0, 0.1) is 11.8 Å². The van der Waals surface area contributed by atoms with Gasteiger partial charge in [0.15, 0.2) is 11.5 Å². The van der Waals surface area contributed by atoms with Gasteiger partial charge in [0.25, 0.3) is 0 Å². The van der Waals surface area contributed by atoms with Crippen LogP contribution in [0.15, 0.2) is 18.2 Å². The molecule has 7 nitrogen and oxygen atoms in total. The number of benzene rings is 1. The number of carboxylic acid groups (broad SMARTS) is 1. The van der Waals surface area contributed by atoms with Gasteiger partial charge in [0, 0.05) is 6.54 Å². The number of nitrogens with one attached hydrogen (secondary N) is 1. The lowest BCUT2D eigenvalue weighted by Crippen LogP contribution is -2.43. The number of amides is 1. The molecule has 0 saturated carbocycles. The largest absolute Gasteiger partial charge is 0.481 e. The van der Waals surface area contributed by atoms with E-state index >= 15 is 0 Å². The highest BCUT2D eigenvalue weighted by molar-refractivity contribution is 5.86. The number of fused-ring (bicyclic) bond motifs is 3. The topological polar surface area (TPSA) is 94.1 Å². The molecule has 3 aliphatic heterocycles. The van der Waals surface area contributed by atoms with Crippen molar-refractivity contribution in [2.75, 3.05) is 6.79 Å². The molecule has 2 fully saturated rings. The predicted octanol–water partition coefficient (Wildman–Crippen LogP) is 0.910. The SMILES string of the molecule is O=C(O)[C@@H]1[C@@H](C(=O)NCc2ccc3c(c2)OCO3)[C@@H]2CC[C@@H]1O2. The van der Waals surface area contributed by atoms with E-state index in [2.05, 4.69) is 5.32 Å². The Kier molecular flexibility index (Phi) is 3.37. The van der Waals surface area contributed by atoms with Crippen LogP contribution in [0.3, 0.4) is 0 Å². The zero-order valence-electron chi connectivity index (χ0n) is 12.4. The average Bonchev–Trinajstić information content (AvgIpc) is 3.25. The van der Waals surface area contributed by atoms with Gasteiger partial charge in [-0.05, 0) is 30.5 Å². The summed E-state index contributed by atoms with van der Waals surface area (Å²) in [6.07, 6.45) is 0.848. The third-order valence-corrected chi connectivity index (χ3v) is 4.76. The number of ether oxygens (including phenoxy) is 3. The van der Waals surface area contributed by atoms with Gasteiger partial charge in [-0.25, -0.2) is 0 Å². The highest BCUT2D eigenvalue weighted by Gasteiger charge is 2.55. The van der Waals surface area contributed by atoms with Gasteiger partial charge in [-0.2, -0.15) is 0 Å². The summed E-state index contributed by atoms with van der Waals surface area (Å²) in [6, 6.07) is 5.46. The number of carbonyl (C=O) groups is 2. The van der Waals surface area contributed by atoms with Crippen LogP contribution >= 0.6 is 0 Å². The fourth-order valence-electron chi connectivity index (χ4n) is 3.68. The first-order valence-corrected chi connectivity index (χ1v) is 7.68. The summed E-state index contributed by atoms with van der Waals surface area (Å²) < 4.78 is 16.2. The number of rotatable bonds is 4. The maximum absolute atomic E-state index is 12.4. The summed E-state index contributed by atoms with van der Waals surface area (Å²) in [4.78, 5) is 23.9. The third kappa shape index (κ3) is 2.41. The van der Waals surface area contributed by atoms with Crippen molar-refractivity contribution in [1.29, 1.82) is 0 Å². The zero-order chi connectivity index (χ0) is 16.0. The van der Waals surface area contributed by atoms with Gasteiger partial charge in [0.2, 0.25) is 12.7 Å². The van der Waals surface area contributed by atoms with Crippen molar-refractivity contribution in [2.45, 2.75) is 31.6 Å². The van der Waals surface area contributed by atoms with Crippen LogP contribution in [0.2, 0.25) is 0 Å². The summed E-state index contributed by atoms with van der Waals surface area (Å²) >= 11 is 0. The summed E-state index contributed by atoms with van der Waals surface area (Å²) in [6.45, 7) is 0.517. The Morgan fingerprint density at radius 1 is 1.13 bits per heavy atom. The van der Waals surface area contributed by atoms with E-state index in [-0.39, 0.29) is 24.9 Å². The molecular formula is C16H17NO6. The molecular weight excluding hydrogens is 302 g/mol. The average molecular weight is 319 g/mol. The summed E-state index contributed by atoms with van der Waals surface area (Å²) in [7, 11) is 0. The van der Waals surface area contributed by atoms with Crippen LogP contribution in [-0.2, 0) is 20.9 Å². The van der Waals surface area contributed by atoms with E-state index in [4.69, 9.17) is 14.2 Å². The molecule has 4 rings (SSSR count). The second kappa shape index (κ2) is 5.42. The van der Waals surface area contributed by atoms with Crippen molar-refractivity contribution in [1.82, 2.24) is 5.32 Å². The lowest BCUT2D eigenvalue weighted by Gasteiger charge is -2.23. The number of carbonyl (C=O) groups excluding carboxylic acids is 1. The summed E-state index contributed by atoms with van der Waals surface area (Å²) in [5.74, 6) is -1.23. The molecule has 2 bridgehead atoms. The van der Waals surface area contributed by atoms with Crippen molar-refractivity contribution in [3.05, 3.63) is 23.8 Å². The normalized spacial score (nSPS) is 30.4. The maximum Gasteiger partial charge on any atom is 0.310 e. The first kappa shape index (κ1) is 14.3. The van der Waals surface area contributed by atoms with Crippen LogP contribution in [0.5, 0.6) is 11.5 Å². The second-order valence-corrected chi connectivity index (χ2v) is 6.09. The Balaban J connectivity index is 1.43. The first-order chi connectivity index (χ1) is 11.1. The van der Waals surface area contributed by atoms with E-state index < -0.39 is 17.8 Å². The third-order valence-electron chi connectivity index (χ3n) is 4.76. The molecule has 23 heavy (non-hydrogen) atoms. The van der Waals surface area contributed by atoms with Crippen LogP contribution < -0.4 is 14.8 Å². The Bertz CT molecular complexity index is 660. The van der Waals surface area contributed by atoms with Gasteiger partial charge in [0.05, 0.1) is 24.0 Å². The molecule has 0 aromatic heterocycles. The minimum absolute atomic E-state index is 0.202. The minimum atomic E-state index is -0.958. The number of hydrogen-bond acceptors (Lipinski definition) is 5. The second-order valence-electron chi connectivity index (χ2n) is 6.09. The molecule has 3 aliphatic rings. The van der Waals surface area contributed by atoms with Crippen LogP contribution in [0.1, 0.15) is 18.4 Å². The number of hydrogen-bond donors (Lipinski definition) is 2. The first-order valence-electron chi connectivity index (χ1n) is 7.68. The molecule has 2 N–H and O–H groups in total. The lowest BCUT2D eigenvalue weighted by molar-refractivity contribution is -0.147. The van der Waals surface area contributed by atoms with Crippen LogP contribution in [0.4, 0.5) is 0 Å². The van der Waals surface area contributed by atoms with Gasteiger partial charge in [-0.3, -0.25) is 9.59 Å². The van der Waals surface area contributed by atoms with E-state index in [0.717, 1.165) is 12.0 Å². The molecule has 1 aromatic rings. The molecule has 0 spiro atoms. The zero-order valence-corrected chi connectivity index (χ0v) is 12.4. The van der Waals surface area contributed by atoms with Crippen molar-refractivity contribution in [3.8, 4) is 11.5 Å². The van der Waals surface area contributed by atoms with E-state index in [0.29, 0.717) is 24.5 Å². The molecule has 0 radical (unpaired) electrons. The quantitative estimate of drug-likeness (QED) is 0.857. The lowest BCUT2D eigenvalue weighted by atomic mass is 9.78. The fourth-order valence-corrected chi connectivity index (χ4v) is 3.68. The standard InChI is InChI=1S/C16H17NO6/c18-15(13-10-3-4-11(23-10)14(13)16(19)20)17-6-8-1-2-9-12(5-8)22-7-21-9/h1-2,5,10-11,13-14H,3-4,6-7H2,(H,17,18)(H,19,20)/t10-,11-,13-,14-/m0/s1. The minimum Gasteiger partial charge on any atom is -0.481 e. The predicted molar refractivity (Wildman–Crippen MR) is 76.9 cm³/mol. The van der Waals surface area contributed by atoms with Crippen molar-refractivity contribution in [2.24, 2.45) is 11.8 Å². The molecule has 3 heterocycles. The molecule has 7 heteroatoms. The molecule has 1 amide bonds. The summed E-state index contributed by atoms with van der Waals surface area (Å²) in [5.41, 5.74) is 0.874. The van der Waals surface area contributed by atoms with Crippen LogP contribution in [-0.4, -0.2) is 36.0 Å². The maximum atomic E-state index is 12.4. The van der Waals surface area contributed by atoms with Crippen LogP contribution in [0.25, 0.3) is 0 Å². The van der Waals surface area contributed by atoms with Gasteiger partial charge < -0.3 is 24.6 Å². The number of carboxylic acids is 1. The molecule has 1 aromatic carbocycles. The van der Waals surface area contributed by atoms with E-state index in [1.54, 1.807) is 6.07 Å². The molecule has 2 saturated heterocycles. The van der Waals surface area contributed by atoms with Crippen molar-refractivity contribution < 1.29 is 28.9 Å². The molecule has 0 aliphatic carbocycles. The Morgan fingerprint density at radius 3 is 2.65 bits per heavy atom. The Labute approximate surface area is 132 Å².